The third kappa shape index (κ3) is 3.96. The van der Waals surface area contributed by atoms with E-state index in [2.05, 4.69) is 0 Å². The van der Waals surface area contributed by atoms with Crippen LogP contribution in [0.1, 0.15) is 6.92 Å². The fraction of sp³-hybridized carbons (Fsp3) is 0.143. The van der Waals surface area contributed by atoms with Gasteiger partial charge in [-0.25, -0.2) is 0 Å². The van der Waals surface area contributed by atoms with Gasteiger partial charge in [0.25, 0.3) is 5.69 Å². The van der Waals surface area contributed by atoms with Crippen molar-refractivity contribution in [2.45, 2.75) is 16.7 Å². The minimum Gasteiger partial charge on any atom is -0.321 e. The van der Waals surface area contributed by atoms with Gasteiger partial charge in [-0.05, 0) is 25.1 Å². The van der Waals surface area contributed by atoms with Crippen molar-refractivity contribution in [2.75, 3.05) is 6.61 Å². The van der Waals surface area contributed by atoms with Gasteiger partial charge in [0.2, 0.25) is 0 Å². The average Bonchev–Trinajstić information content (AvgIpc) is 2.48. The molecule has 116 valence electrons. The largest absolute Gasteiger partial charge is 0.359 e. The highest BCUT2D eigenvalue weighted by Crippen LogP contribution is 2.45. The first kappa shape index (κ1) is 16.7. The van der Waals surface area contributed by atoms with Gasteiger partial charge in [-0.2, -0.15) is 0 Å². The van der Waals surface area contributed by atoms with E-state index in [1.807, 2.05) is 30.3 Å². The fourth-order valence-electron chi connectivity index (χ4n) is 1.79. The van der Waals surface area contributed by atoms with Gasteiger partial charge in [0.1, 0.15) is 0 Å². The molecule has 0 fully saturated rings. The molecule has 0 saturated heterocycles. The molecule has 0 aliphatic carbocycles. The molecule has 0 aliphatic rings. The van der Waals surface area contributed by atoms with E-state index >= 15 is 0 Å². The van der Waals surface area contributed by atoms with Gasteiger partial charge in [-0.3, -0.25) is 14.7 Å². The number of hydrogen-bond acceptors (Lipinski definition) is 5. The van der Waals surface area contributed by atoms with Crippen LogP contribution < -0.4 is 5.30 Å². The Bertz CT molecular complexity index is 722. The first-order valence-electron chi connectivity index (χ1n) is 6.43. The van der Waals surface area contributed by atoms with Gasteiger partial charge >= 0.3 is 7.60 Å². The van der Waals surface area contributed by atoms with Crippen LogP contribution in [0.5, 0.6) is 0 Å². The molecular weight excluding hydrogens is 325 g/mol. The Hall–Kier alpha value is -1.66. The molecule has 2 rings (SSSR count). The summed E-state index contributed by atoms with van der Waals surface area (Å²) in [5.41, 5.74) is -0.140. The predicted molar refractivity (Wildman–Crippen MR) is 84.7 cm³/mol. The first-order chi connectivity index (χ1) is 10.4. The van der Waals surface area contributed by atoms with E-state index in [0.717, 1.165) is 4.90 Å². The van der Waals surface area contributed by atoms with E-state index in [1.54, 1.807) is 6.92 Å². The summed E-state index contributed by atoms with van der Waals surface area (Å²) in [5.74, 6) is 0. The van der Waals surface area contributed by atoms with Crippen LogP contribution in [0.4, 0.5) is 5.69 Å². The van der Waals surface area contributed by atoms with Crippen molar-refractivity contribution in [1.82, 2.24) is 0 Å². The molecule has 22 heavy (non-hydrogen) atoms. The molecule has 0 aliphatic heterocycles. The number of nitro benzene ring substituents is 1. The lowest BCUT2D eigenvalue weighted by Gasteiger charge is -2.14. The van der Waals surface area contributed by atoms with Crippen LogP contribution in [-0.4, -0.2) is 16.4 Å². The molecule has 2 aromatic rings. The summed E-state index contributed by atoms with van der Waals surface area (Å²) < 4.78 is 17.2. The van der Waals surface area contributed by atoms with Crippen LogP contribution in [-0.2, 0) is 9.09 Å². The Labute approximate surface area is 131 Å². The van der Waals surface area contributed by atoms with Gasteiger partial charge in [-0.1, -0.05) is 30.0 Å². The summed E-state index contributed by atoms with van der Waals surface area (Å²) in [7, 11) is -4.01. The van der Waals surface area contributed by atoms with Crippen LogP contribution in [0.15, 0.2) is 58.3 Å². The Morgan fingerprint density at radius 3 is 2.55 bits per heavy atom. The second kappa shape index (κ2) is 7.07. The standard InChI is InChI=1S/C14H14NO5PS/c1-2-20-21(18,19)13-9-8-11(15(16)17)10-14(13)22-12-6-4-3-5-7-12/h3-10H,2H2,1H3,(H,18,19). The number of nitro groups is 1. The lowest BCUT2D eigenvalue weighted by Crippen LogP contribution is -2.10. The molecule has 0 heterocycles. The number of hydrogen-bond donors (Lipinski definition) is 1. The van der Waals surface area contributed by atoms with E-state index in [1.165, 1.54) is 30.0 Å². The maximum absolute atomic E-state index is 12.3. The Balaban J connectivity index is 2.49. The zero-order valence-corrected chi connectivity index (χ0v) is 13.4. The summed E-state index contributed by atoms with van der Waals surface area (Å²) in [6.45, 7) is 1.68. The normalized spacial score (nSPS) is 13.5. The highest BCUT2D eigenvalue weighted by Gasteiger charge is 2.27. The topological polar surface area (TPSA) is 89.7 Å². The van der Waals surface area contributed by atoms with Gasteiger partial charge in [0.05, 0.1) is 16.8 Å². The van der Waals surface area contributed by atoms with E-state index in [-0.39, 0.29) is 17.6 Å². The zero-order valence-electron chi connectivity index (χ0n) is 11.7. The van der Waals surface area contributed by atoms with E-state index < -0.39 is 12.5 Å². The third-order valence-electron chi connectivity index (χ3n) is 2.73. The van der Waals surface area contributed by atoms with Crippen LogP contribution in [0.3, 0.4) is 0 Å². The molecule has 8 heteroatoms. The van der Waals surface area contributed by atoms with Crippen molar-refractivity contribution in [3.8, 4) is 0 Å². The SMILES string of the molecule is CCOP(=O)(O)c1ccc([N+](=O)[O-])cc1Sc1ccccc1. The fourth-order valence-corrected chi connectivity index (χ4v) is 4.27. The maximum atomic E-state index is 12.3. The first-order valence-corrected chi connectivity index (χ1v) is 8.82. The van der Waals surface area contributed by atoms with Crippen LogP contribution in [0.25, 0.3) is 0 Å². The third-order valence-corrected chi connectivity index (χ3v) is 5.56. The van der Waals surface area contributed by atoms with E-state index in [9.17, 15) is 19.6 Å². The number of non-ortho nitro benzene ring substituents is 1. The lowest BCUT2D eigenvalue weighted by atomic mass is 10.3. The molecular formula is C14H14NO5PS. The minimum atomic E-state index is -4.01. The number of rotatable bonds is 6. The highest BCUT2D eigenvalue weighted by atomic mass is 32.2. The number of nitrogens with zero attached hydrogens (tertiary/aromatic N) is 1. The molecule has 0 aromatic heterocycles. The molecule has 1 unspecified atom stereocenters. The van der Waals surface area contributed by atoms with Crippen molar-refractivity contribution >= 4 is 30.3 Å². The molecule has 0 bridgehead atoms. The lowest BCUT2D eigenvalue weighted by molar-refractivity contribution is -0.385. The monoisotopic (exact) mass is 339 g/mol. The molecule has 0 spiro atoms. The summed E-state index contributed by atoms with van der Waals surface area (Å²) in [6.07, 6.45) is 0. The summed E-state index contributed by atoms with van der Waals surface area (Å²) >= 11 is 1.18. The van der Waals surface area contributed by atoms with Crippen molar-refractivity contribution in [3.05, 3.63) is 58.6 Å². The summed E-state index contributed by atoms with van der Waals surface area (Å²) in [6, 6.07) is 12.9. The van der Waals surface area contributed by atoms with Gasteiger partial charge in [0, 0.05) is 21.9 Å². The Morgan fingerprint density at radius 1 is 1.27 bits per heavy atom. The molecule has 2 aromatic carbocycles. The molecule has 1 atom stereocenters. The Morgan fingerprint density at radius 2 is 1.95 bits per heavy atom. The second-order valence-corrected chi connectivity index (χ2v) is 7.16. The van der Waals surface area contributed by atoms with Crippen molar-refractivity contribution in [3.63, 3.8) is 0 Å². The second-order valence-electron chi connectivity index (χ2n) is 4.26. The smallest absolute Gasteiger partial charge is 0.321 e. The molecule has 0 radical (unpaired) electrons. The van der Waals surface area contributed by atoms with Gasteiger partial charge < -0.3 is 9.42 Å². The summed E-state index contributed by atoms with van der Waals surface area (Å²) in [4.78, 5) is 21.5. The zero-order chi connectivity index (χ0) is 16.2. The molecule has 0 amide bonds. The average molecular weight is 339 g/mol. The van der Waals surface area contributed by atoms with E-state index in [4.69, 9.17) is 4.52 Å². The van der Waals surface area contributed by atoms with E-state index in [0.29, 0.717) is 4.90 Å². The predicted octanol–water partition coefficient (Wildman–Crippen LogP) is 3.59. The van der Waals surface area contributed by atoms with Crippen molar-refractivity contribution in [2.24, 2.45) is 0 Å². The van der Waals surface area contributed by atoms with Crippen molar-refractivity contribution < 1.29 is 18.9 Å². The maximum Gasteiger partial charge on any atom is 0.359 e. The van der Waals surface area contributed by atoms with Crippen molar-refractivity contribution in [1.29, 1.82) is 0 Å². The van der Waals surface area contributed by atoms with Crippen LogP contribution >= 0.6 is 19.4 Å². The summed E-state index contributed by atoms with van der Waals surface area (Å²) in [5, 5.41) is 11.0. The molecule has 1 N–H and O–H groups in total. The van der Waals surface area contributed by atoms with Gasteiger partial charge in [0.15, 0.2) is 0 Å². The van der Waals surface area contributed by atoms with Crippen LogP contribution in [0, 0.1) is 10.1 Å². The minimum absolute atomic E-state index is 0.0637. The Kier molecular flexibility index (Phi) is 5.37. The van der Waals surface area contributed by atoms with Crippen LogP contribution in [0.2, 0.25) is 0 Å². The molecule has 0 saturated carbocycles. The molecule has 6 nitrogen and oxygen atoms in total. The quantitative estimate of drug-likeness (QED) is 0.491. The number of benzene rings is 2. The highest BCUT2D eigenvalue weighted by molar-refractivity contribution is 8.00. The van der Waals surface area contributed by atoms with Gasteiger partial charge in [-0.15, -0.1) is 0 Å².